The van der Waals surface area contributed by atoms with E-state index in [2.05, 4.69) is 0 Å². The summed E-state index contributed by atoms with van der Waals surface area (Å²) in [6.45, 7) is 4.39. The van der Waals surface area contributed by atoms with Crippen molar-refractivity contribution in [3.63, 3.8) is 0 Å². The molecule has 0 atom stereocenters. The molecule has 0 bridgehead atoms. The van der Waals surface area contributed by atoms with Gasteiger partial charge in [-0.1, -0.05) is 5.57 Å². The fourth-order valence-corrected chi connectivity index (χ4v) is 14.2. The molecule has 16 aromatic heterocycles. The van der Waals surface area contributed by atoms with Crippen LogP contribution in [-0.2, 0) is 0 Å². The highest BCUT2D eigenvalue weighted by Crippen LogP contribution is 2.45. The van der Waals surface area contributed by atoms with E-state index in [1.807, 2.05) is 62.4 Å². The summed E-state index contributed by atoms with van der Waals surface area (Å²) in [7, 11) is 6.14. The molecule has 130 heavy (non-hydrogen) atoms. The van der Waals surface area contributed by atoms with Crippen LogP contribution in [-0.4, -0.2) is 55.5 Å². The largest absolute Gasteiger partial charge is 0.506 e. The highest BCUT2D eigenvalue weighted by molar-refractivity contribution is 6.09. The fraction of sp³-hybridized carbons (Fsp3) is 0.0722. The number of allylic oxidation sites excluding steroid dienone is 1. The van der Waals surface area contributed by atoms with Crippen LogP contribution in [0.3, 0.4) is 0 Å². The van der Waals surface area contributed by atoms with Crippen molar-refractivity contribution in [1.82, 2.24) is 0 Å². The number of hydrogen-bond donors (Lipinski definition) is 4. The van der Waals surface area contributed by atoms with Gasteiger partial charge in [-0.3, -0.25) is 0 Å². The van der Waals surface area contributed by atoms with Gasteiger partial charge in [0.2, 0.25) is 28.7 Å². The van der Waals surface area contributed by atoms with Crippen LogP contribution < -0.4 is 68.7 Å². The second-order valence-electron chi connectivity index (χ2n) is 28.3. The molecule has 650 valence electrons. The van der Waals surface area contributed by atoms with E-state index in [-0.39, 0.29) is 56.4 Å². The van der Waals surface area contributed by atoms with Crippen molar-refractivity contribution in [3.05, 3.63) is 333 Å². The average molecular weight is 1760 g/mol. The van der Waals surface area contributed by atoms with Crippen molar-refractivity contribution in [2.45, 2.75) is 13.8 Å². The van der Waals surface area contributed by atoms with Gasteiger partial charge in [-0.15, -0.1) is 0 Å². The van der Waals surface area contributed by atoms with Gasteiger partial charge in [0.15, 0.2) is 55.8 Å². The molecule has 0 unspecified atom stereocenters. The molecular formula is C97H64O33. The Labute approximate surface area is 720 Å². The minimum absolute atomic E-state index is 0.0694. The molecular weight excluding hydrogens is 1690 g/mol. The molecule has 24 aromatic rings. The minimum Gasteiger partial charge on any atom is -0.506 e. The zero-order chi connectivity index (χ0) is 90.7. The lowest BCUT2D eigenvalue weighted by Crippen LogP contribution is -1.99. The Balaban J connectivity index is 0.000000104. The SMILES string of the molecule is CC(C)=CCOc1c2occc2cc2ccc(=O)oc12.COc1c2ccoc2c(OC)c2oc(=O)ccc12.COc1c2ccoc2cc2oc(=O)ccc12.COc1c2occc2cc2ccc(=O)oc12.O=c1ccc2c(O)c3ccoc3c(O)c2o1.O=c1ccc2c(O)c3ccoc3cc2o1.O=c1ccc2cc3ccoc3c(O)c2o1.O=c1ccc2cc3ccoc3cc2o1. The number of furan rings is 8. The van der Waals surface area contributed by atoms with E-state index in [9.17, 15) is 58.8 Å². The molecule has 4 N–H and O–H groups in total. The fourth-order valence-electron chi connectivity index (χ4n) is 14.2. The number of ether oxygens (including phenoxy) is 5. The van der Waals surface area contributed by atoms with Crippen LogP contribution in [0.5, 0.6) is 51.7 Å². The Bertz CT molecular complexity index is 9010. The maximum Gasteiger partial charge on any atom is 0.336 e. The first-order valence-electron chi connectivity index (χ1n) is 38.8. The van der Waals surface area contributed by atoms with E-state index in [1.165, 1.54) is 106 Å². The van der Waals surface area contributed by atoms with E-state index in [4.69, 9.17) is 94.4 Å². The first kappa shape index (κ1) is 83.9. The number of aromatic hydroxyl groups is 4. The molecule has 0 aliphatic heterocycles. The Morgan fingerprint density at radius 2 is 0.554 bits per heavy atom. The zero-order valence-corrected chi connectivity index (χ0v) is 68.4. The van der Waals surface area contributed by atoms with Gasteiger partial charge in [-0.05, 0) is 141 Å². The predicted octanol–water partition coefficient (Wildman–Crippen LogP) is 20.5. The van der Waals surface area contributed by atoms with Gasteiger partial charge in [0.25, 0.3) is 0 Å². The minimum atomic E-state index is -0.604. The third-order valence-corrected chi connectivity index (χ3v) is 20.1. The summed E-state index contributed by atoms with van der Waals surface area (Å²) in [5, 5.41) is 51.0. The van der Waals surface area contributed by atoms with Gasteiger partial charge in [-0.2, -0.15) is 0 Å². The molecule has 0 aliphatic carbocycles. The third kappa shape index (κ3) is 16.6. The van der Waals surface area contributed by atoms with Crippen LogP contribution in [0.2, 0.25) is 0 Å². The van der Waals surface area contributed by atoms with Crippen molar-refractivity contribution >= 4 is 176 Å². The van der Waals surface area contributed by atoms with Crippen LogP contribution in [0.15, 0.2) is 359 Å². The third-order valence-electron chi connectivity index (χ3n) is 20.1. The molecule has 0 fully saturated rings. The van der Waals surface area contributed by atoms with E-state index in [0.717, 1.165) is 65.0 Å². The maximum atomic E-state index is 11.4. The Morgan fingerprint density at radius 1 is 0.238 bits per heavy atom. The Hall–Kier alpha value is -18.3. The van der Waals surface area contributed by atoms with E-state index < -0.39 is 33.8 Å². The van der Waals surface area contributed by atoms with Crippen LogP contribution in [0, 0.1) is 0 Å². The van der Waals surface area contributed by atoms with Crippen molar-refractivity contribution in [2.75, 3.05) is 35.0 Å². The van der Waals surface area contributed by atoms with Gasteiger partial charge < -0.3 is 115 Å². The predicted molar refractivity (Wildman–Crippen MR) is 476 cm³/mol. The van der Waals surface area contributed by atoms with Crippen LogP contribution in [0.4, 0.5) is 0 Å². The highest BCUT2D eigenvalue weighted by atomic mass is 16.5. The van der Waals surface area contributed by atoms with Crippen LogP contribution >= 0.6 is 0 Å². The van der Waals surface area contributed by atoms with Gasteiger partial charge in [-0.25, -0.2) is 38.4 Å². The lowest BCUT2D eigenvalue weighted by Gasteiger charge is -2.09. The average Bonchev–Trinajstić information content (AvgIpc) is 1.51. The topological polar surface area (TPSA) is 474 Å². The Kier molecular flexibility index (Phi) is 22.9. The molecule has 0 saturated heterocycles. The summed E-state index contributed by atoms with van der Waals surface area (Å²) >= 11 is 0. The lowest BCUT2D eigenvalue weighted by atomic mass is 10.1. The number of phenolic OH excluding ortho intramolecular Hbond substituents is 4. The summed E-state index contributed by atoms with van der Waals surface area (Å²) in [6.07, 6.45) is 14.1. The summed E-state index contributed by atoms with van der Waals surface area (Å²) in [6, 6.07) is 50.3. The number of rotatable bonds is 7. The molecule has 16 heterocycles. The molecule has 33 nitrogen and oxygen atoms in total. The number of hydrogen-bond acceptors (Lipinski definition) is 33. The van der Waals surface area contributed by atoms with Gasteiger partial charge in [0.05, 0.1) is 122 Å². The lowest BCUT2D eigenvalue weighted by molar-refractivity contribution is 0.355. The molecule has 24 rings (SSSR count). The molecule has 0 amide bonds. The molecule has 8 aromatic carbocycles. The van der Waals surface area contributed by atoms with E-state index >= 15 is 0 Å². The van der Waals surface area contributed by atoms with Crippen molar-refractivity contribution in [3.8, 4) is 51.7 Å². The molecule has 0 aliphatic rings. The van der Waals surface area contributed by atoms with Crippen molar-refractivity contribution < 1.29 is 115 Å². The highest BCUT2D eigenvalue weighted by Gasteiger charge is 2.23. The number of methoxy groups -OCH3 is 4. The second kappa shape index (κ2) is 35.5. The Morgan fingerprint density at radius 3 is 1.15 bits per heavy atom. The van der Waals surface area contributed by atoms with E-state index in [0.29, 0.717) is 129 Å². The van der Waals surface area contributed by atoms with Gasteiger partial charge in [0.1, 0.15) is 63.1 Å². The van der Waals surface area contributed by atoms with Crippen LogP contribution in [0.1, 0.15) is 13.8 Å². The zero-order valence-electron chi connectivity index (χ0n) is 68.4. The summed E-state index contributed by atoms with van der Waals surface area (Å²) in [5.74, 6) is 2.13. The quantitative estimate of drug-likeness (QED) is 0.0654. The number of fused-ring (bicyclic) bond motifs is 16. The first-order chi connectivity index (χ1) is 63.0. The second-order valence-corrected chi connectivity index (χ2v) is 28.3. The van der Waals surface area contributed by atoms with Gasteiger partial charge in [0, 0.05) is 110 Å². The van der Waals surface area contributed by atoms with Gasteiger partial charge >= 0.3 is 45.0 Å². The molecule has 0 saturated carbocycles. The smallest absolute Gasteiger partial charge is 0.336 e. The molecule has 0 spiro atoms. The maximum absolute atomic E-state index is 11.4. The standard InChI is InChI=1S/C16H14O4.C13H10O5.2C12H8O4.C11H6O5.2C11H6O4.C11H6O3/c1-10(2)5-7-19-16-14-12(6-8-18-14)9-11-3-4-13(17)20-15(11)16;1-15-10-7-3-4-9(14)18-12(7)13(16-2)11-8(10)5-6-17-11;1-14-12-7-2-3-11(13)16-10(7)6-9-8(12)4-5-15-9;1-14-12-10-8(4-5-15-10)6-7-2-3-9(13)16-11(7)12;12-7-2-1-5-8(13)6-3-4-15-10(6)9(14)11(5)16-7;12-10-2-1-6-9(15-10)5-8-7(11(6)13)3-4-14-8;12-8-2-1-6-5-7-3-4-14-10(7)9(13)11(6)15-8;12-11-2-1-7-5-8-3-4-13-9(8)6-10(7)14-11/h3-6,8-9H,7H2,1-2H3;3-6H,1-2H3;2*2-6H,1H3;1-4,13-14H;2*1-5,13H;1-6H. The van der Waals surface area contributed by atoms with Crippen molar-refractivity contribution in [1.29, 1.82) is 0 Å². The molecule has 0 radical (unpaired) electrons. The normalized spacial score (nSPS) is 11.1. The molecule has 33 heteroatoms. The monoisotopic (exact) mass is 1760 g/mol. The van der Waals surface area contributed by atoms with Crippen molar-refractivity contribution in [2.24, 2.45) is 0 Å². The number of benzene rings is 8. The van der Waals surface area contributed by atoms with E-state index in [1.54, 1.807) is 118 Å². The summed E-state index contributed by atoms with van der Waals surface area (Å²) < 4.78 is 109. The number of phenols is 4. The summed E-state index contributed by atoms with van der Waals surface area (Å²) in [5.41, 5.74) is 4.15. The first-order valence-corrected chi connectivity index (χ1v) is 38.8. The summed E-state index contributed by atoms with van der Waals surface area (Å²) in [4.78, 5) is 89.0. The van der Waals surface area contributed by atoms with Crippen LogP contribution in [0.25, 0.3) is 176 Å².